The van der Waals surface area contributed by atoms with Crippen molar-refractivity contribution in [2.24, 2.45) is 11.8 Å². The minimum Gasteiger partial charge on any atom is -0.457 e. The van der Waals surface area contributed by atoms with Crippen LogP contribution in [0.4, 0.5) is 11.4 Å². The lowest BCUT2D eigenvalue weighted by molar-refractivity contribution is -0.119. The van der Waals surface area contributed by atoms with E-state index in [9.17, 15) is 18.0 Å². The molecule has 1 heterocycles. The molecule has 210 valence electrons. The molecule has 5 rings (SSSR count). The van der Waals surface area contributed by atoms with Crippen LogP contribution >= 0.6 is 0 Å². The minimum absolute atomic E-state index is 0.00493. The topological polar surface area (TPSA) is 111 Å². The van der Waals surface area contributed by atoms with E-state index in [1.165, 1.54) is 0 Å². The third-order valence-electron chi connectivity index (χ3n) is 6.73. The molecule has 1 fully saturated rings. The van der Waals surface area contributed by atoms with Crippen LogP contribution in [0.2, 0.25) is 0 Å². The molecule has 0 saturated carbocycles. The number of carbonyl (C=O) groups excluding carboxylic acids is 2. The Morgan fingerprint density at radius 3 is 1.27 bits per heavy atom. The molecule has 0 spiro atoms. The Balaban J connectivity index is 1.13. The lowest BCUT2D eigenvalue weighted by atomic mass is 9.89. The van der Waals surface area contributed by atoms with Crippen molar-refractivity contribution in [1.29, 1.82) is 0 Å². The largest absolute Gasteiger partial charge is 0.457 e. The fourth-order valence-corrected chi connectivity index (χ4v) is 7.03. The van der Waals surface area contributed by atoms with E-state index >= 15 is 0 Å². The number of carbonyl (C=O) groups is 2. The smallest absolute Gasteiger partial charge is 0.224 e. The number of amides is 2. The summed E-state index contributed by atoms with van der Waals surface area (Å²) in [5.74, 6) is 0.919. The number of rotatable bonds is 10. The van der Waals surface area contributed by atoms with Crippen molar-refractivity contribution in [2.75, 3.05) is 22.1 Å². The Kier molecular flexibility index (Phi) is 8.64. The van der Waals surface area contributed by atoms with Gasteiger partial charge in [0.15, 0.2) is 9.84 Å². The Labute approximate surface area is 239 Å². The number of sulfone groups is 1. The van der Waals surface area contributed by atoms with Crippen molar-refractivity contribution < 1.29 is 27.5 Å². The van der Waals surface area contributed by atoms with Crippen LogP contribution in [0, 0.1) is 11.8 Å². The van der Waals surface area contributed by atoms with Crippen molar-refractivity contribution in [3.8, 4) is 23.0 Å². The summed E-state index contributed by atoms with van der Waals surface area (Å²) in [6.45, 7) is 0. The van der Waals surface area contributed by atoms with Crippen LogP contribution in [0.3, 0.4) is 0 Å². The van der Waals surface area contributed by atoms with E-state index in [2.05, 4.69) is 10.6 Å². The average molecular weight is 571 g/mol. The zero-order valence-corrected chi connectivity index (χ0v) is 23.0. The molecule has 0 unspecified atom stereocenters. The molecule has 2 amide bonds. The monoisotopic (exact) mass is 570 g/mol. The lowest BCUT2D eigenvalue weighted by Gasteiger charge is -2.17. The van der Waals surface area contributed by atoms with E-state index in [-0.39, 0.29) is 36.2 Å². The molecule has 0 aliphatic carbocycles. The number of anilines is 2. The number of para-hydroxylation sites is 2. The predicted octanol–water partition coefficient (Wildman–Crippen LogP) is 6.29. The zero-order valence-electron chi connectivity index (χ0n) is 22.2. The van der Waals surface area contributed by atoms with Gasteiger partial charge in [-0.05, 0) is 84.6 Å². The standard InChI is InChI=1S/C32H30N2O6S/c35-31(33-25-11-15-29(16-12-25)39-27-7-3-1-4-8-27)19-23-21-41(37,38)22-24(23)20-32(36)34-26-13-17-30(18-14-26)40-28-9-5-2-6-10-28/h1-18,23-24H,19-22H2,(H,33,35)(H,34,36)/t23-,24-/m1/s1. The molecule has 2 N–H and O–H groups in total. The van der Waals surface area contributed by atoms with Gasteiger partial charge in [0.25, 0.3) is 0 Å². The SMILES string of the molecule is O=C(C[C@@H]1CS(=O)(=O)C[C@H]1CC(=O)Nc1ccc(Oc2ccccc2)cc1)Nc1ccc(Oc2ccccc2)cc1. The summed E-state index contributed by atoms with van der Waals surface area (Å²) in [5.41, 5.74) is 1.15. The number of nitrogens with one attached hydrogen (secondary N) is 2. The van der Waals surface area contributed by atoms with Gasteiger partial charge in [0, 0.05) is 24.2 Å². The molecule has 1 aliphatic heterocycles. The van der Waals surface area contributed by atoms with E-state index in [1.54, 1.807) is 48.5 Å². The minimum atomic E-state index is -3.35. The molecule has 0 radical (unpaired) electrons. The Bertz CT molecular complexity index is 1460. The zero-order chi connectivity index (χ0) is 28.7. The quantitative estimate of drug-likeness (QED) is 0.232. The average Bonchev–Trinajstić information content (AvgIpc) is 3.23. The number of hydrogen-bond acceptors (Lipinski definition) is 6. The van der Waals surface area contributed by atoms with Gasteiger partial charge in [-0.25, -0.2) is 8.42 Å². The van der Waals surface area contributed by atoms with Crippen molar-refractivity contribution >= 4 is 33.0 Å². The van der Waals surface area contributed by atoms with E-state index in [0.29, 0.717) is 34.4 Å². The molecule has 8 nitrogen and oxygen atoms in total. The van der Waals surface area contributed by atoms with E-state index in [1.807, 2.05) is 60.7 Å². The fourth-order valence-electron chi connectivity index (χ4n) is 4.81. The van der Waals surface area contributed by atoms with Crippen LogP contribution < -0.4 is 20.1 Å². The van der Waals surface area contributed by atoms with Gasteiger partial charge >= 0.3 is 0 Å². The van der Waals surface area contributed by atoms with Crippen LogP contribution in [0.1, 0.15) is 12.8 Å². The second kappa shape index (κ2) is 12.7. The van der Waals surface area contributed by atoms with Crippen molar-refractivity contribution in [3.05, 3.63) is 109 Å². The first-order chi connectivity index (χ1) is 19.8. The van der Waals surface area contributed by atoms with Crippen LogP contribution in [0.5, 0.6) is 23.0 Å². The Morgan fingerprint density at radius 1 is 0.561 bits per heavy atom. The molecule has 9 heteroatoms. The molecular formula is C32H30N2O6S. The van der Waals surface area contributed by atoms with Crippen LogP contribution in [0.15, 0.2) is 109 Å². The van der Waals surface area contributed by atoms with Crippen LogP contribution in [-0.4, -0.2) is 31.7 Å². The molecule has 0 bridgehead atoms. The fraction of sp³-hybridized carbons (Fsp3) is 0.188. The Hall–Kier alpha value is -4.63. The second-order valence-corrected chi connectivity index (χ2v) is 12.1. The predicted molar refractivity (Wildman–Crippen MR) is 158 cm³/mol. The van der Waals surface area contributed by atoms with Gasteiger partial charge in [-0.2, -0.15) is 0 Å². The van der Waals surface area contributed by atoms with E-state index in [4.69, 9.17) is 9.47 Å². The number of hydrogen-bond donors (Lipinski definition) is 2. The summed E-state index contributed by atoms with van der Waals surface area (Å²) >= 11 is 0. The first-order valence-corrected chi connectivity index (χ1v) is 15.1. The van der Waals surface area contributed by atoms with Gasteiger partial charge in [-0.1, -0.05) is 36.4 Å². The maximum absolute atomic E-state index is 12.8. The van der Waals surface area contributed by atoms with Crippen molar-refractivity contribution in [1.82, 2.24) is 0 Å². The number of ether oxygens (including phenoxy) is 2. The van der Waals surface area contributed by atoms with E-state index < -0.39 is 21.7 Å². The van der Waals surface area contributed by atoms with Crippen molar-refractivity contribution in [2.45, 2.75) is 12.8 Å². The molecule has 2 atom stereocenters. The Morgan fingerprint density at radius 2 is 0.902 bits per heavy atom. The molecule has 4 aromatic rings. The van der Waals surface area contributed by atoms with Gasteiger partial charge in [-0.3, -0.25) is 9.59 Å². The second-order valence-electron chi connectivity index (χ2n) is 9.98. The molecule has 1 saturated heterocycles. The first-order valence-electron chi connectivity index (χ1n) is 13.3. The van der Waals surface area contributed by atoms with Gasteiger partial charge in [0.05, 0.1) is 11.5 Å². The highest BCUT2D eigenvalue weighted by atomic mass is 32.2. The highest BCUT2D eigenvalue weighted by Gasteiger charge is 2.39. The van der Waals surface area contributed by atoms with Gasteiger partial charge in [0.2, 0.25) is 11.8 Å². The van der Waals surface area contributed by atoms with Gasteiger partial charge in [-0.15, -0.1) is 0 Å². The molecule has 4 aromatic carbocycles. The molecule has 1 aliphatic rings. The lowest BCUT2D eigenvalue weighted by Crippen LogP contribution is -2.25. The summed E-state index contributed by atoms with van der Waals surface area (Å²) in [4.78, 5) is 25.6. The highest BCUT2D eigenvalue weighted by Crippen LogP contribution is 2.32. The number of benzene rings is 4. The maximum atomic E-state index is 12.8. The van der Waals surface area contributed by atoms with Crippen LogP contribution in [0.25, 0.3) is 0 Å². The third-order valence-corrected chi connectivity index (χ3v) is 8.60. The molecule has 41 heavy (non-hydrogen) atoms. The maximum Gasteiger partial charge on any atom is 0.224 e. The van der Waals surface area contributed by atoms with Crippen molar-refractivity contribution in [3.63, 3.8) is 0 Å². The van der Waals surface area contributed by atoms with Gasteiger partial charge in [0.1, 0.15) is 23.0 Å². The normalized spacial score (nSPS) is 17.4. The summed E-state index contributed by atoms with van der Waals surface area (Å²) in [6, 6.07) is 32.6. The summed E-state index contributed by atoms with van der Waals surface area (Å²) in [6.07, 6.45) is 0.00985. The molecule has 0 aromatic heterocycles. The van der Waals surface area contributed by atoms with Gasteiger partial charge < -0.3 is 20.1 Å². The third kappa shape index (κ3) is 8.18. The summed E-state index contributed by atoms with van der Waals surface area (Å²) in [7, 11) is -3.35. The molecular weight excluding hydrogens is 540 g/mol. The van der Waals surface area contributed by atoms with E-state index in [0.717, 1.165) is 0 Å². The van der Waals surface area contributed by atoms with Crippen LogP contribution in [-0.2, 0) is 19.4 Å². The first kappa shape index (κ1) is 27.9. The highest BCUT2D eigenvalue weighted by molar-refractivity contribution is 7.91. The summed E-state index contributed by atoms with van der Waals surface area (Å²) in [5, 5.41) is 5.64. The summed E-state index contributed by atoms with van der Waals surface area (Å²) < 4.78 is 36.4.